The summed E-state index contributed by atoms with van der Waals surface area (Å²) in [5.41, 5.74) is 1.29. The van der Waals surface area contributed by atoms with E-state index < -0.39 is 0 Å². The molecule has 4 nitrogen and oxygen atoms in total. The third kappa shape index (κ3) is 3.43. The molecule has 2 fully saturated rings. The molecule has 0 amide bonds. The lowest BCUT2D eigenvalue weighted by atomic mass is 9.70. The molecule has 0 spiro atoms. The number of methoxy groups -OCH3 is 1. The van der Waals surface area contributed by atoms with Gasteiger partial charge in [-0.25, -0.2) is 9.97 Å². The molecule has 2 aliphatic carbocycles. The van der Waals surface area contributed by atoms with Crippen molar-refractivity contribution in [2.45, 2.75) is 70.6 Å². The number of aromatic nitrogens is 2. The maximum Gasteiger partial charge on any atom is 0.160 e. The number of hydrogen-bond donors (Lipinski definition) is 1. The van der Waals surface area contributed by atoms with Crippen LogP contribution in [0.2, 0.25) is 0 Å². The summed E-state index contributed by atoms with van der Waals surface area (Å²) in [6.45, 7) is 5.54. The summed E-state index contributed by atoms with van der Waals surface area (Å²) in [4.78, 5) is 9.23. The van der Waals surface area contributed by atoms with Gasteiger partial charge in [0.2, 0.25) is 0 Å². The lowest BCUT2D eigenvalue weighted by Crippen LogP contribution is -2.38. The number of nitrogens with one attached hydrogen (secondary N) is 1. The fourth-order valence-corrected chi connectivity index (χ4v) is 3.08. The molecular formula is C17H27N3O. The fourth-order valence-electron chi connectivity index (χ4n) is 3.08. The lowest BCUT2D eigenvalue weighted by molar-refractivity contribution is -0.0729. The van der Waals surface area contributed by atoms with Crippen LogP contribution in [-0.4, -0.2) is 23.1 Å². The first-order chi connectivity index (χ1) is 10.0. The van der Waals surface area contributed by atoms with Crippen molar-refractivity contribution in [3.63, 3.8) is 0 Å². The average Bonchev–Trinajstić information content (AvgIpc) is 3.31. The van der Waals surface area contributed by atoms with Crippen LogP contribution in [-0.2, 0) is 16.9 Å². The highest BCUT2D eigenvalue weighted by Crippen LogP contribution is 2.45. The summed E-state index contributed by atoms with van der Waals surface area (Å²) in [6, 6.07) is 0.718. The van der Waals surface area contributed by atoms with Crippen LogP contribution in [0.3, 0.4) is 0 Å². The SMILES string of the molecule is COC1(c2ncc(CNC3CC3)cn2)CCC(C)(C)CC1. The van der Waals surface area contributed by atoms with Crippen LogP contribution >= 0.6 is 0 Å². The second kappa shape index (κ2) is 5.65. The first-order valence-corrected chi connectivity index (χ1v) is 8.13. The minimum atomic E-state index is -0.280. The second-order valence-corrected chi connectivity index (χ2v) is 7.43. The maximum atomic E-state index is 5.87. The Morgan fingerprint density at radius 2 is 1.76 bits per heavy atom. The van der Waals surface area contributed by atoms with E-state index in [1.807, 2.05) is 12.4 Å². The van der Waals surface area contributed by atoms with Crippen molar-refractivity contribution in [1.82, 2.24) is 15.3 Å². The molecule has 3 rings (SSSR count). The number of hydrogen-bond acceptors (Lipinski definition) is 4. The van der Waals surface area contributed by atoms with Gasteiger partial charge in [-0.3, -0.25) is 0 Å². The monoisotopic (exact) mass is 289 g/mol. The molecule has 0 radical (unpaired) electrons. The highest BCUT2D eigenvalue weighted by molar-refractivity contribution is 5.11. The number of nitrogens with zero attached hydrogens (tertiary/aromatic N) is 2. The molecular weight excluding hydrogens is 262 g/mol. The van der Waals surface area contributed by atoms with Crippen LogP contribution in [0.1, 0.15) is 63.8 Å². The van der Waals surface area contributed by atoms with Gasteiger partial charge in [0.05, 0.1) is 0 Å². The quantitative estimate of drug-likeness (QED) is 0.904. The van der Waals surface area contributed by atoms with E-state index in [0.717, 1.165) is 49.7 Å². The van der Waals surface area contributed by atoms with Crippen molar-refractivity contribution in [1.29, 1.82) is 0 Å². The van der Waals surface area contributed by atoms with Gasteiger partial charge in [-0.1, -0.05) is 13.8 Å². The first kappa shape index (κ1) is 14.9. The summed E-state index contributed by atoms with van der Waals surface area (Å²) >= 11 is 0. The van der Waals surface area contributed by atoms with E-state index in [0.29, 0.717) is 5.41 Å². The Morgan fingerprint density at radius 1 is 1.14 bits per heavy atom. The fraction of sp³-hybridized carbons (Fsp3) is 0.765. The molecule has 21 heavy (non-hydrogen) atoms. The van der Waals surface area contributed by atoms with Gasteiger partial charge in [-0.15, -0.1) is 0 Å². The van der Waals surface area contributed by atoms with Crippen LogP contribution in [0.15, 0.2) is 12.4 Å². The molecule has 1 N–H and O–H groups in total. The van der Waals surface area contributed by atoms with Crippen LogP contribution in [0.25, 0.3) is 0 Å². The van der Waals surface area contributed by atoms with Crippen molar-refractivity contribution < 1.29 is 4.74 Å². The zero-order valence-corrected chi connectivity index (χ0v) is 13.5. The van der Waals surface area contributed by atoms with E-state index in [-0.39, 0.29) is 5.60 Å². The van der Waals surface area contributed by atoms with E-state index in [1.165, 1.54) is 12.8 Å². The summed E-state index contributed by atoms with van der Waals surface area (Å²) in [5.74, 6) is 0.857. The Balaban J connectivity index is 1.68. The number of ether oxygens (including phenoxy) is 1. The Hall–Kier alpha value is -1.00. The van der Waals surface area contributed by atoms with Gasteiger partial charge in [0, 0.05) is 37.7 Å². The van der Waals surface area contributed by atoms with E-state index in [4.69, 9.17) is 4.74 Å². The molecule has 0 atom stereocenters. The standard InChI is InChI=1S/C17H27N3O/c1-16(2)6-8-17(21-3,9-7-16)15-19-11-13(12-20-15)10-18-14-4-5-14/h11-12,14,18H,4-10H2,1-3H3. The van der Waals surface area contributed by atoms with Crippen molar-refractivity contribution in [2.24, 2.45) is 5.41 Å². The number of rotatable bonds is 5. The van der Waals surface area contributed by atoms with Crippen molar-refractivity contribution in [3.8, 4) is 0 Å². The molecule has 2 saturated carbocycles. The molecule has 0 aliphatic heterocycles. The molecule has 1 aromatic heterocycles. The second-order valence-electron chi connectivity index (χ2n) is 7.43. The van der Waals surface area contributed by atoms with Gasteiger partial charge < -0.3 is 10.1 Å². The minimum absolute atomic E-state index is 0.280. The normalized spacial score (nSPS) is 24.0. The van der Waals surface area contributed by atoms with Crippen molar-refractivity contribution in [3.05, 3.63) is 23.8 Å². The first-order valence-electron chi connectivity index (χ1n) is 8.13. The third-order valence-corrected chi connectivity index (χ3v) is 5.09. The largest absolute Gasteiger partial charge is 0.370 e. The Morgan fingerprint density at radius 3 is 2.29 bits per heavy atom. The minimum Gasteiger partial charge on any atom is -0.370 e. The molecule has 1 aromatic rings. The summed E-state index contributed by atoms with van der Waals surface area (Å²) in [7, 11) is 1.80. The molecule has 0 aromatic carbocycles. The summed E-state index contributed by atoms with van der Waals surface area (Å²) in [5, 5.41) is 3.49. The van der Waals surface area contributed by atoms with Gasteiger partial charge in [0.25, 0.3) is 0 Å². The zero-order valence-electron chi connectivity index (χ0n) is 13.5. The van der Waals surface area contributed by atoms with E-state index in [2.05, 4.69) is 29.1 Å². The molecule has 0 bridgehead atoms. The molecule has 1 heterocycles. The molecule has 0 saturated heterocycles. The Bertz CT molecular complexity index is 469. The Kier molecular flexibility index (Phi) is 4.02. The molecule has 0 unspecified atom stereocenters. The van der Waals surface area contributed by atoms with E-state index in [1.54, 1.807) is 7.11 Å². The van der Waals surface area contributed by atoms with E-state index >= 15 is 0 Å². The van der Waals surface area contributed by atoms with Crippen LogP contribution in [0, 0.1) is 5.41 Å². The average molecular weight is 289 g/mol. The molecule has 4 heteroatoms. The topological polar surface area (TPSA) is 47.0 Å². The Labute approximate surface area is 127 Å². The van der Waals surface area contributed by atoms with Crippen molar-refractivity contribution in [2.75, 3.05) is 7.11 Å². The predicted molar refractivity (Wildman–Crippen MR) is 82.8 cm³/mol. The van der Waals surface area contributed by atoms with Gasteiger partial charge in [0.1, 0.15) is 5.60 Å². The predicted octanol–water partition coefficient (Wildman–Crippen LogP) is 3.17. The van der Waals surface area contributed by atoms with Gasteiger partial charge in [-0.2, -0.15) is 0 Å². The molecule has 116 valence electrons. The molecule has 2 aliphatic rings. The van der Waals surface area contributed by atoms with Gasteiger partial charge in [0.15, 0.2) is 5.82 Å². The smallest absolute Gasteiger partial charge is 0.160 e. The highest BCUT2D eigenvalue weighted by atomic mass is 16.5. The van der Waals surface area contributed by atoms with Crippen molar-refractivity contribution >= 4 is 0 Å². The maximum absolute atomic E-state index is 5.87. The van der Waals surface area contributed by atoms with Crippen LogP contribution in [0.4, 0.5) is 0 Å². The third-order valence-electron chi connectivity index (χ3n) is 5.09. The van der Waals surface area contributed by atoms with E-state index in [9.17, 15) is 0 Å². The summed E-state index contributed by atoms with van der Waals surface area (Å²) < 4.78 is 5.87. The lowest BCUT2D eigenvalue weighted by Gasteiger charge is -2.41. The zero-order chi connectivity index (χ0) is 14.9. The van der Waals surface area contributed by atoms with Gasteiger partial charge >= 0.3 is 0 Å². The van der Waals surface area contributed by atoms with Crippen LogP contribution in [0.5, 0.6) is 0 Å². The highest BCUT2D eigenvalue weighted by Gasteiger charge is 2.41. The summed E-state index contributed by atoms with van der Waals surface area (Å²) in [6.07, 6.45) is 10.9. The van der Waals surface area contributed by atoms with Crippen LogP contribution < -0.4 is 5.32 Å². The van der Waals surface area contributed by atoms with Gasteiger partial charge in [-0.05, 0) is 43.9 Å².